The first-order chi connectivity index (χ1) is 13.8. The van der Waals surface area contributed by atoms with Crippen molar-refractivity contribution < 1.29 is 4.79 Å². The number of benzene rings is 2. The SMILES string of the molecule is O=C(CSC1=NC(c2ccccc2)=NCN1c1ccccc1)NC1CCCC1. The van der Waals surface area contributed by atoms with Gasteiger partial charge in [0.05, 0.1) is 5.75 Å². The molecule has 0 atom stereocenters. The van der Waals surface area contributed by atoms with E-state index in [1.54, 1.807) is 0 Å². The van der Waals surface area contributed by atoms with Crippen LogP contribution in [-0.2, 0) is 4.79 Å². The van der Waals surface area contributed by atoms with E-state index in [1.807, 2.05) is 60.7 Å². The molecule has 1 amide bonds. The minimum atomic E-state index is 0.0800. The van der Waals surface area contributed by atoms with E-state index in [4.69, 9.17) is 4.99 Å². The molecule has 2 aromatic carbocycles. The smallest absolute Gasteiger partial charge is 0.230 e. The summed E-state index contributed by atoms with van der Waals surface area (Å²) in [7, 11) is 0. The summed E-state index contributed by atoms with van der Waals surface area (Å²) in [6.07, 6.45) is 4.61. The van der Waals surface area contributed by atoms with Gasteiger partial charge in [-0.25, -0.2) is 9.98 Å². The normalized spacial score (nSPS) is 17.2. The Balaban J connectivity index is 1.50. The van der Waals surface area contributed by atoms with Gasteiger partial charge in [0, 0.05) is 17.3 Å². The van der Waals surface area contributed by atoms with E-state index in [9.17, 15) is 4.79 Å². The lowest BCUT2D eigenvalue weighted by Crippen LogP contribution is -2.37. The fraction of sp³-hybridized carbons (Fsp3) is 0.318. The Hall–Kier alpha value is -2.60. The molecule has 2 aromatic rings. The predicted molar refractivity (Wildman–Crippen MR) is 117 cm³/mol. The zero-order valence-corrected chi connectivity index (χ0v) is 16.6. The van der Waals surface area contributed by atoms with Crippen LogP contribution in [0.5, 0.6) is 0 Å². The molecule has 1 aliphatic heterocycles. The summed E-state index contributed by atoms with van der Waals surface area (Å²) in [5, 5.41) is 3.96. The van der Waals surface area contributed by atoms with Crippen molar-refractivity contribution in [1.29, 1.82) is 0 Å². The summed E-state index contributed by atoms with van der Waals surface area (Å²) >= 11 is 1.47. The molecule has 1 heterocycles. The van der Waals surface area contributed by atoms with Gasteiger partial charge in [0.25, 0.3) is 0 Å². The third-order valence-corrected chi connectivity index (χ3v) is 5.92. The maximum absolute atomic E-state index is 12.4. The number of amidine groups is 2. The summed E-state index contributed by atoms with van der Waals surface area (Å²) in [6, 6.07) is 20.4. The number of hydrogen-bond acceptors (Lipinski definition) is 5. The van der Waals surface area contributed by atoms with E-state index in [-0.39, 0.29) is 5.91 Å². The summed E-state index contributed by atoms with van der Waals surface area (Å²) in [5.74, 6) is 1.16. The Bertz CT molecular complexity index is 861. The van der Waals surface area contributed by atoms with Gasteiger partial charge in [-0.15, -0.1) is 0 Å². The average molecular weight is 393 g/mol. The number of aliphatic imine (C=N–C) groups is 2. The summed E-state index contributed by atoms with van der Waals surface area (Å²) in [4.78, 5) is 23.9. The first-order valence-electron chi connectivity index (χ1n) is 9.73. The topological polar surface area (TPSA) is 57.1 Å². The molecule has 0 unspecified atom stereocenters. The van der Waals surface area contributed by atoms with Crippen LogP contribution in [-0.4, -0.2) is 35.4 Å². The number of nitrogens with one attached hydrogen (secondary N) is 1. The zero-order chi connectivity index (χ0) is 19.2. The Morgan fingerprint density at radius 1 is 1.04 bits per heavy atom. The lowest BCUT2D eigenvalue weighted by molar-refractivity contribution is -0.119. The third-order valence-electron chi connectivity index (χ3n) is 4.95. The minimum Gasteiger partial charge on any atom is -0.353 e. The fourth-order valence-electron chi connectivity index (χ4n) is 3.51. The highest BCUT2D eigenvalue weighted by molar-refractivity contribution is 8.14. The van der Waals surface area contributed by atoms with Crippen molar-refractivity contribution in [2.75, 3.05) is 17.3 Å². The molecule has 5 nitrogen and oxygen atoms in total. The predicted octanol–water partition coefficient (Wildman–Crippen LogP) is 4.06. The van der Waals surface area contributed by atoms with Gasteiger partial charge in [-0.3, -0.25) is 4.79 Å². The van der Waals surface area contributed by atoms with Crippen LogP contribution in [0, 0.1) is 0 Å². The Morgan fingerprint density at radius 3 is 2.43 bits per heavy atom. The van der Waals surface area contributed by atoms with Gasteiger partial charge >= 0.3 is 0 Å². The van der Waals surface area contributed by atoms with E-state index >= 15 is 0 Å². The van der Waals surface area contributed by atoms with Crippen molar-refractivity contribution in [3.05, 3.63) is 66.2 Å². The van der Waals surface area contributed by atoms with Crippen LogP contribution >= 0.6 is 11.8 Å². The van der Waals surface area contributed by atoms with Crippen LogP contribution in [0.4, 0.5) is 5.69 Å². The molecule has 0 bridgehead atoms. The second kappa shape index (κ2) is 9.06. The van der Waals surface area contributed by atoms with Crippen molar-refractivity contribution in [2.24, 2.45) is 9.98 Å². The third kappa shape index (κ3) is 4.62. The highest BCUT2D eigenvalue weighted by atomic mass is 32.2. The summed E-state index contributed by atoms with van der Waals surface area (Å²) in [6.45, 7) is 0.490. The molecule has 6 heteroatoms. The van der Waals surface area contributed by atoms with Crippen LogP contribution in [0.3, 0.4) is 0 Å². The van der Waals surface area contributed by atoms with Crippen molar-refractivity contribution in [2.45, 2.75) is 31.7 Å². The number of nitrogens with zero attached hydrogens (tertiary/aromatic N) is 3. The fourth-order valence-corrected chi connectivity index (χ4v) is 4.32. The van der Waals surface area contributed by atoms with E-state index in [0.29, 0.717) is 24.3 Å². The first-order valence-corrected chi connectivity index (χ1v) is 10.7. The molecular weight excluding hydrogens is 368 g/mol. The molecule has 144 valence electrons. The van der Waals surface area contributed by atoms with Crippen LogP contribution in [0.1, 0.15) is 31.2 Å². The highest BCUT2D eigenvalue weighted by Crippen LogP contribution is 2.24. The minimum absolute atomic E-state index is 0.0800. The molecule has 0 radical (unpaired) electrons. The lowest BCUT2D eigenvalue weighted by atomic mass is 10.2. The number of thioether (sulfide) groups is 1. The molecular formula is C22H24N4OS. The molecule has 1 saturated carbocycles. The first kappa shape index (κ1) is 18.7. The number of amides is 1. The monoisotopic (exact) mass is 392 g/mol. The van der Waals surface area contributed by atoms with Crippen molar-refractivity contribution in [1.82, 2.24) is 5.32 Å². The largest absolute Gasteiger partial charge is 0.353 e. The summed E-state index contributed by atoms with van der Waals surface area (Å²) in [5.41, 5.74) is 2.02. The van der Waals surface area contributed by atoms with Gasteiger partial charge in [-0.05, 0) is 25.0 Å². The Kier molecular flexibility index (Phi) is 6.07. The quantitative estimate of drug-likeness (QED) is 0.835. The van der Waals surface area contributed by atoms with Crippen LogP contribution in [0.2, 0.25) is 0 Å². The molecule has 4 rings (SSSR count). The van der Waals surface area contributed by atoms with Crippen molar-refractivity contribution >= 4 is 34.4 Å². The van der Waals surface area contributed by atoms with Crippen molar-refractivity contribution in [3.63, 3.8) is 0 Å². The molecule has 1 fully saturated rings. The molecule has 0 saturated heterocycles. The average Bonchev–Trinajstić information content (AvgIpc) is 3.26. The molecule has 0 aromatic heterocycles. The van der Waals surface area contributed by atoms with Gasteiger partial charge in [0.15, 0.2) is 11.0 Å². The van der Waals surface area contributed by atoms with E-state index in [2.05, 4.69) is 15.2 Å². The highest BCUT2D eigenvalue weighted by Gasteiger charge is 2.22. The van der Waals surface area contributed by atoms with Gasteiger partial charge in [0.1, 0.15) is 6.67 Å². The second-order valence-corrected chi connectivity index (χ2v) is 7.93. The number of rotatable bonds is 5. The molecule has 0 spiro atoms. The lowest BCUT2D eigenvalue weighted by Gasteiger charge is -2.27. The summed E-state index contributed by atoms with van der Waals surface area (Å²) < 4.78 is 0. The van der Waals surface area contributed by atoms with E-state index in [0.717, 1.165) is 29.3 Å². The number of para-hydroxylation sites is 1. The van der Waals surface area contributed by atoms with E-state index < -0.39 is 0 Å². The van der Waals surface area contributed by atoms with Gasteiger partial charge in [-0.1, -0.05) is 73.1 Å². The van der Waals surface area contributed by atoms with Gasteiger partial charge in [-0.2, -0.15) is 0 Å². The van der Waals surface area contributed by atoms with Crippen LogP contribution < -0.4 is 10.2 Å². The van der Waals surface area contributed by atoms with Gasteiger partial charge < -0.3 is 10.2 Å². The van der Waals surface area contributed by atoms with Crippen molar-refractivity contribution in [3.8, 4) is 0 Å². The maximum atomic E-state index is 12.4. The molecule has 2 aliphatic rings. The standard InChI is InChI=1S/C22H24N4OS/c27-20(24-18-11-7-8-12-18)15-28-22-25-21(17-9-3-1-4-10-17)23-16-26(22)19-13-5-2-6-14-19/h1-6,9-10,13-14,18H,7-8,11-12,15-16H2,(H,24,27). The zero-order valence-electron chi connectivity index (χ0n) is 15.8. The Labute approximate surface area is 170 Å². The van der Waals surface area contributed by atoms with E-state index in [1.165, 1.54) is 24.6 Å². The molecule has 28 heavy (non-hydrogen) atoms. The number of carbonyl (C=O) groups is 1. The number of carbonyl (C=O) groups excluding carboxylic acids is 1. The number of hydrogen-bond donors (Lipinski definition) is 1. The maximum Gasteiger partial charge on any atom is 0.230 e. The molecule has 1 N–H and O–H groups in total. The Morgan fingerprint density at radius 2 is 1.71 bits per heavy atom. The molecule has 1 aliphatic carbocycles. The van der Waals surface area contributed by atoms with Crippen LogP contribution in [0.25, 0.3) is 0 Å². The van der Waals surface area contributed by atoms with Gasteiger partial charge in [0.2, 0.25) is 5.91 Å². The van der Waals surface area contributed by atoms with Crippen LogP contribution in [0.15, 0.2) is 70.6 Å². The number of anilines is 1. The second-order valence-electron chi connectivity index (χ2n) is 6.98.